The number of carbonyl (C=O) groups excluding carboxylic acids is 1. The molecule has 0 bridgehead atoms. The van der Waals surface area contributed by atoms with Gasteiger partial charge in [-0.3, -0.25) is 9.63 Å². The van der Waals surface area contributed by atoms with Crippen molar-refractivity contribution in [2.24, 2.45) is 10.8 Å². The minimum Gasteiger partial charge on any atom is -0.277 e. The van der Waals surface area contributed by atoms with Crippen molar-refractivity contribution in [2.45, 2.75) is 41.0 Å². The Labute approximate surface area is 80.8 Å². The van der Waals surface area contributed by atoms with E-state index in [2.05, 4.69) is 31.1 Å². The van der Waals surface area contributed by atoms with Crippen LogP contribution in [0.1, 0.15) is 41.0 Å². The lowest BCUT2D eigenvalue weighted by molar-refractivity contribution is -0.141. The zero-order valence-electron chi connectivity index (χ0n) is 9.52. The van der Waals surface area contributed by atoms with Gasteiger partial charge in [-0.15, -0.1) is 0 Å². The number of nitrogens with one attached hydrogen (secondary N) is 1. The molecule has 3 nitrogen and oxygen atoms in total. The summed E-state index contributed by atoms with van der Waals surface area (Å²) in [6, 6.07) is 0. The van der Waals surface area contributed by atoms with Crippen molar-refractivity contribution in [1.29, 1.82) is 0 Å². The summed E-state index contributed by atoms with van der Waals surface area (Å²) in [5.41, 5.74) is 2.14. The lowest BCUT2D eigenvalue weighted by Crippen LogP contribution is -2.38. The number of amides is 1. The molecule has 0 aliphatic rings. The van der Waals surface area contributed by atoms with Crippen molar-refractivity contribution in [2.75, 3.05) is 7.11 Å². The third kappa shape index (κ3) is 4.88. The van der Waals surface area contributed by atoms with E-state index in [0.29, 0.717) is 0 Å². The molecule has 0 unspecified atom stereocenters. The van der Waals surface area contributed by atoms with Gasteiger partial charge < -0.3 is 0 Å². The first kappa shape index (κ1) is 12.4. The molecule has 0 saturated heterocycles. The van der Waals surface area contributed by atoms with E-state index >= 15 is 0 Å². The molecule has 78 valence electrons. The van der Waals surface area contributed by atoms with E-state index in [1.807, 2.05) is 13.8 Å². The molecule has 0 atom stereocenters. The smallest absolute Gasteiger partial charge is 0.249 e. The maximum atomic E-state index is 11.5. The van der Waals surface area contributed by atoms with Gasteiger partial charge >= 0.3 is 0 Å². The van der Waals surface area contributed by atoms with Crippen LogP contribution >= 0.6 is 0 Å². The van der Waals surface area contributed by atoms with Crippen LogP contribution in [0.3, 0.4) is 0 Å². The first-order chi connectivity index (χ1) is 5.69. The molecule has 0 aliphatic carbocycles. The zero-order valence-corrected chi connectivity index (χ0v) is 9.52. The van der Waals surface area contributed by atoms with Crippen molar-refractivity contribution in [3.05, 3.63) is 0 Å². The van der Waals surface area contributed by atoms with Crippen molar-refractivity contribution in [3.8, 4) is 0 Å². The molecule has 0 spiro atoms. The van der Waals surface area contributed by atoms with Crippen LogP contribution in [0, 0.1) is 10.8 Å². The molecule has 0 rings (SSSR count). The van der Waals surface area contributed by atoms with Crippen molar-refractivity contribution in [1.82, 2.24) is 5.48 Å². The van der Waals surface area contributed by atoms with Gasteiger partial charge in [0.25, 0.3) is 0 Å². The van der Waals surface area contributed by atoms with Gasteiger partial charge in [-0.05, 0) is 11.8 Å². The third-order valence-corrected chi connectivity index (χ3v) is 1.78. The van der Waals surface area contributed by atoms with E-state index in [1.54, 1.807) is 0 Å². The van der Waals surface area contributed by atoms with Gasteiger partial charge in [-0.2, -0.15) is 0 Å². The molecule has 0 radical (unpaired) electrons. The minimum absolute atomic E-state index is 0.0649. The fraction of sp³-hybridized carbons (Fsp3) is 0.900. The van der Waals surface area contributed by atoms with Crippen LogP contribution in [0.4, 0.5) is 0 Å². The predicted octanol–water partition coefficient (Wildman–Crippen LogP) is 2.13. The van der Waals surface area contributed by atoms with Crippen LogP contribution in [0.5, 0.6) is 0 Å². The summed E-state index contributed by atoms with van der Waals surface area (Å²) in [5.74, 6) is -0.0649. The van der Waals surface area contributed by atoms with Crippen molar-refractivity contribution in [3.63, 3.8) is 0 Å². The van der Waals surface area contributed by atoms with E-state index in [4.69, 9.17) is 0 Å². The molecule has 1 N–H and O–H groups in total. The molecule has 0 aromatic rings. The topological polar surface area (TPSA) is 38.3 Å². The van der Waals surface area contributed by atoms with Crippen LogP contribution in [-0.2, 0) is 9.63 Å². The summed E-state index contributed by atoms with van der Waals surface area (Å²) in [6.07, 6.45) is 0.829. The average Bonchev–Trinajstić information content (AvgIpc) is 1.82. The van der Waals surface area contributed by atoms with Gasteiger partial charge in [-0.1, -0.05) is 34.6 Å². The van der Waals surface area contributed by atoms with Gasteiger partial charge in [0.15, 0.2) is 0 Å². The van der Waals surface area contributed by atoms with Crippen LogP contribution < -0.4 is 5.48 Å². The number of hydrogen-bond acceptors (Lipinski definition) is 2. The Morgan fingerprint density at radius 1 is 1.23 bits per heavy atom. The van der Waals surface area contributed by atoms with E-state index < -0.39 is 0 Å². The number of rotatable bonds is 3. The minimum atomic E-state index is -0.381. The van der Waals surface area contributed by atoms with E-state index in [9.17, 15) is 4.79 Å². The maximum Gasteiger partial charge on any atom is 0.249 e. The van der Waals surface area contributed by atoms with Gasteiger partial charge in [0.1, 0.15) is 0 Å². The Kier molecular flexibility index (Phi) is 3.91. The van der Waals surface area contributed by atoms with E-state index in [1.165, 1.54) is 7.11 Å². The molecule has 0 aromatic heterocycles. The Hall–Kier alpha value is -0.570. The Morgan fingerprint density at radius 2 is 1.69 bits per heavy atom. The average molecular weight is 187 g/mol. The zero-order chi connectivity index (χ0) is 10.7. The second kappa shape index (κ2) is 4.09. The molecule has 3 heteroatoms. The molecule has 0 aromatic carbocycles. The third-order valence-electron chi connectivity index (χ3n) is 1.78. The Bertz CT molecular complexity index is 180. The quantitative estimate of drug-likeness (QED) is 0.687. The summed E-state index contributed by atoms with van der Waals surface area (Å²) in [6.45, 7) is 10.2. The molecular formula is C10H21NO2. The SMILES string of the molecule is CONC(=O)C(C)(C)CC(C)(C)C. The highest BCUT2D eigenvalue weighted by Gasteiger charge is 2.32. The molecule has 1 amide bonds. The lowest BCUT2D eigenvalue weighted by atomic mass is 9.76. The van der Waals surface area contributed by atoms with E-state index in [0.717, 1.165) is 6.42 Å². The largest absolute Gasteiger partial charge is 0.277 e. The monoisotopic (exact) mass is 187 g/mol. The van der Waals surface area contributed by atoms with Gasteiger partial charge in [0.05, 0.1) is 7.11 Å². The summed E-state index contributed by atoms with van der Waals surface area (Å²) < 4.78 is 0. The van der Waals surface area contributed by atoms with Gasteiger partial charge in [0.2, 0.25) is 5.91 Å². The standard InChI is InChI=1S/C10H21NO2/c1-9(2,3)7-10(4,5)8(12)11-13-6/h7H2,1-6H3,(H,11,12). The molecule has 0 fully saturated rings. The first-order valence-corrected chi connectivity index (χ1v) is 4.52. The number of carbonyl (C=O) groups is 1. The highest BCUT2D eigenvalue weighted by Crippen LogP contribution is 2.33. The molecular weight excluding hydrogens is 166 g/mol. The van der Waals surface area contributed by atoms with E-state index in [-0.39, 0.29) is 16.7 Å². The fourth-order valence-electron chi connectivity index (χ4n) is 1.64. The van der Waals surface area contributed by atoms with Crippen LogP contribution in [0.2, 0.25) is 0 Å². The van der Waals surface area contributed by atoms with Crippen LogP contribution in [0.25, 0.3) is 0 Å². The number of hydroxylamine groups is 1. The molecule has 0 aliphatic heterocycles. The maximum absolute atomic E-state index is 11.5. The predicted molar refractivity (Wildman–Crippen MR) is 53.0 cm³/mol. The summed E-state index contributed by atoms with van der Waals surface area (Å²) in [4.78, 5) is 16.1. The fourth-order valence-corrected chi connectivity index (χ4v) is 1.64. The summed E-state index contributed by atoms with van der Waals surface area (Å²) in [7, 11) is 1.45. The van der Waals surface area contributed by atoms with Crippen LogP contribution in [-0.4, -0.2) is 13.0 Å². The molecule has 13 heavy (non-hydrogen) atoms. The molecule has 0 saturated carbocycles. The Morgan fingerprint density at radius 3 is 2.00 bits per heavy atom. The van der Waals surface area contributed by atoms with Crippen molar-refractivity contribution < 1.29 is 9.63 Å². The van der Waals surface area contributed by atoms with Gasteiger partial charge in [-0.25, -0.2) is 5.48 Å². The normalized spacial score (nSPS) is 12.8. The van der Waals surface area contributed by atoms with Crippen molar-refractivity contribution >= 4 is 5.91 Å². The second-order valence-electron chi connectivity index (χ2n) is 5.26. The van der Waals surface area contributed by atoms with Gasteiger partial charge in [0, 0.05) is 5.41 Å². The Balaban J connectivity index is 4.30. The highest BCUT2D eigenvalue weighted by molar-refractivity contribution is 5.80. The van der Waals surface area contributed by atoms with Crippen LogP contribution in [0.15, 0.2) is 0 Å². The summed E-state index contributed by atoms with van der Waals surface area (Å²) in [5, 5.41) is 0. The molecule has 0 heterocycles. The highest BCUT2D eigenvalue weighted by atomic mass is 16.6. The lowest BCUT2D eigenvalue weighted by Gasteiger charge is -2.30. The second-order valence-corrected chi connectivity index (χ2v) is 5.26. The number of hydrogen-bond donors (Lipinski definition) is 1. The summed E-state index contributed by atoms with van der Waals surface area (Å²) >= 11 is 0. The first-order valence-electron chi connectivity index (χ1n) is 4.52.